The van der Waals surface area contributed by atoms with Crippen molar-refractivity contribution in [2.45, 2.75) is 0 Å². The van der Waals surface area contributed by atoms with Gasteiger partial charge in [0.1, 0.15) is 0 Å². The molecular weight excluding hydrogens is 410 g/mol. The van der Waals surface area contributed by atoms with E-state index in [-0.39, 0.29) is 6.03 Å². The van der Waals surface area contributed by atoms with Gasteiger partial charge in [0.2, 0.25) is 0 Å². The van der Waals surface area contributed by atoms with Gasteiger partial charge in [0.15, 0.2) is 23.1 Å². The maximum absolute atomic E-state index is 12.8. The van der Waals surface area contributed by atoms with Gasteiger partial charge >= 0.3 is 6.03 Å². The number of urea groups is 1. The van der Waals surface area contributed by atoms with Crippen LogP contribution in [0.25, 0.3) is 0 Å². The highest BCUT2D eigenvalue weighted by Gasteiger charge is 2.24. The molecule has 10 nitrogen and oxygen atoms in total. The number of para-hydroxylation sites is 1. The van der Waals surface area contributed by atoms with Crippen LogP contribution in [0, 0.1) is 0 Å². The Bertz CT molecular complexity index is 908. The number of piperazine rings is 2. The van der Waals surface area contributed by atoms with E-state index in [4.69, 9.17) is 9.47 Å². The predicted octanol–water partition coefficient (Wildman–Crippen LogP) is 1.60. The van der Waals surface area contributed by atoms with Crippen LogP contribution in [0.2, 0.25) is 0 Å². The molecule has 0 aliphatic carbocycles. The Morgan fingerprint density at radius 2 is 1.44 bits per heavy atom. The smallest absolute Gasteiger partial charge is 0.322 e. The lowest BCUT2D eigenvalue weighted by Gasteiger charge is -2.35. The van der Waals surface area contributed by atoms with E-state index in [0.29, 0.717) is 43.4 Å². The second-order valence-corrected chi connectivity index (χ2v) is 7.99. The summed E-state index contributed by atoms with van der Waals surface area (Å²) in [5.74, 6) is 2.86. The highest BCUT2D eigenvalue weighted by Crippen LogP contribution is 2.34. The first-order valence-electron chi connectivity index (χ1n) is 10.9. The number of methoxy groups -OCH3 is 2. The number of ether oxygens (including phenoxy) is 2. The molecule has 10 heteroatoms. The number of benzene rings is 1. The van der Waals surface area contributed by atoms with E-state index in [0.717, 1.165) is 37.8 Å². The number of likely N-dealkylation sites (N-methyl/N-ethyl adjacent to an activating group) is 1. The van der Waals surface area contributed by atoms with Crippen LogP contribution in [0.15, 0.2) is 30.3 Å². The molecule has 0 spiro atoms. The minimum Gasteiger partial charge on any atom is -0.493 e. The maximum atomic E-state index is 12.8. The fraction of sp³-hybridized carbons (Fsp3) is 0.500. The van der Waals surface area contributed by atoms with Gasteiger partial charge in [0.25, 0.3) is 0 Å². The van der Waals surface area contributed by atoms with Crippen molar-refractivity contribution >= 4 is 23.4 Å². The summed E-state index contributed by atoms with van der Waals surface area (Å²) in [6.45, 7) is 6.60. The van der Waals surface area contributed by atoms with Gasteiger partial charge in [-0.1, -0.05) is 6.07 Å². The molecule has 0 radical (unpaired) electrons. The van der Waals surface area contributed by atoms with Gasteiger partial charge in [-0.15, -0.1) is 10.2 Å². The van der Waals surface area contributed by atoms with Gasteiger partial charge in [-0.25, -0.2) is 4.79 Å². The van der Waals surface area contributed by atoms with Crippen molar-refractivity contribution < 1.29 is 14.3 Å². The molecule has 2 fully saturated rings. The Hall–Kier alpha value is -3.27. The van der Waals surface area contributed by atoms with Gasteiger partial charge in [-0.3, -0.25) is 0 Å². The van der Waals surface area contributed by atoms with Crippen molar-refractivity contribution in [1.29, 1.82) is 0 Å². The normalized spacial score (nSPS) is 17.3. The lowest BCUT2D eigenvalue weighted by molar-refractivity contribution is 0.208. The minimum atomic E-state index is -0.160. The average molecular weight is 442 g/mol. The first-order chi connectivity index (χ1) is 15.6. The highest BCUT2D eigenvalue weighted by atomic mass is 16.5. The summed E-state index contributed by atoms with van der Waals surface area (Å²) in [5.41, 5.74) is 0.588. The summed E-state index contributed by atoms with van der Waals surface area (Å²) in [6.07, 6.45) is 0. The van der Waals surface area contributed by atoms with Crippen LogP contribution in [0.3, 0.4) is 0 Å². The third-order valence-corrected chi connectivity index (χ3v) is 6.00. The Morgan fingerprint density at radius 3 is 1.97 bits per heavy atom. The van der Waals surface area contributed by atoms with Gasteiger partial charge in [-0.2, -0.15) is 0 Å². The molecule has 2 aromatic rings. The zero-order valence-corrected chi connectivity index (χ0v) is 19.0. The molecule has 1 aromatic carbocycles. The number of nitrogens with one attached hydrogen (secondary N) is 1. The van der Waals surface area contributed by atoms with Crippen LogP contribution in [0.4, 0.5) is 22.1 Å². The first-order valence-corrected chi connectivity index (χ1v) is 10.9. The number of carbonyl (C=O) groups is 1. The molecule has 0 atom stereocenters. The van der Waals surface area contributed by atoms with Crippen molar-refractivity contribution in [3.8, 4) is 11.5 Å². The summed E-state index contributed by atoms with van der Waals surface area (Å²) in [7, 11) is 5.27. The molecule has 0 saturated carbocycles. The molecule has 2 aliphatic rings. The maximum Gasteiger partial charge on any atom is 0.322 e. The Balaban J connectivity index is 1.32. The van der Waals surface area contributed by atoms with Crippen molar-refractivity contribution in [2.75, 3.05) is 88.7 Å². The molecule has 4 rings (SSSR count). The molecule has 32 heavy (non-hydrogen) atoms. The summed E-state index contributed by atoms with van der Waals surface area (Å²) >= 11 is 0. The van der Waals surface area contributed by atoms with Crippen LogP contribution < -0.4 is 24.6 Å². The zero-order valence-electron chi connectivity index (χ0n) is 19.0. The number of nitrogens with zero attached hydrogens (tertiary/aromatic N) is 6. The highest BCUT2D eigenvalue weighted by molar-refractivity contribution is 5.91. The van der Waals surface area contributed by atoms with E-state index in [2.05, 4.69) is 37.3 Å². The minimum absolute atomic E-state index is 0.160. The Morgan fingerprint density at radius 1 is 0.844 bits per heavy atom. The van der Waals surface area contributed by atoms with Gasteiger partial charge in [-0.05, 0) is 31.3 Å². The standard InChI is InChI=1S/C22H31N7O3/c1-26-9-11-27(12-10-26)19-7-8-20(25-24-19)28-13-15-29(16-14-28)22(30)23-17-5-4-6-18(31-2)21(17)32-3/h4-8H,9-16H2,1-3H3,(H,23,30). The number of amides is 2. The number of hydrogen-bond acceptors (Lipinski definition) is 8. The summed E-state index contributed by atoms with van der Waals surface area (Å²) in [4.78, 5) is 21.3. The molecule has 1 aromatic heterocycles. The monoisotopic (exact) mass is 441 g/mol. The van der Waals surface area contributed by atoms with E-state index >= 15 is 0 Å². The average Bonchev–Trinajstić information content (AvgIpc) is 2.84. The molecule has 0 bridgehead atoms. The fourth-order valence-electron chi connectivity index (χ4n) is 4.01. The quantitative estimate of drug-likeness (QED) is 0.749. The molecule has 3 heterocycles. The van der Waals surface area contributed by atoms with Gasteiger partial charge in [0, 0.05) is 52.4 Å². The molecule has 172 valence electrons. The van der Waals surface area contributed by atoms with Crippen LogP contribution in [-0.4, -0.2) is 99.7 Å². The molecule has 2 saturated heterocycles. The molecule has 1 N–H and O–H groups in total. The lowest BCUT2D eigenvalue weighted by atomic mass is 10.2. The van der Waals surface area contributed by atoms with E-state index in [1.165, 1.54) is 0 Å². The summed E-state index contributed by atoms with van der Waals surface area (Å²) in [5, 5.41) is 11.8. The van der Waals surface area contributed by atoms with Crippen molar-refractivity contribution in [1.82, 2.24) is 20.0 Å². The SMILES string of the molecule is COc1cccc(NC(=O)N2CCN(c3ccc(N4CCN(C)CC4)nn3)CC2)c1OC. The number of carbonyl (C=O) groups excluding carboxylic acids is 1. The predicted molar refractivity (Wildman–Crippen MR) is 124 cm³/mol. The van der Waals surface area contributed by atoms with Gasteiger partial charge < -0.3 is 34.4 Å². The fourth-order valence-corrected chi connectivity index (χ4v) is 4.01. The zero-order chi connectivity index (χ0) is 22.5. The van der Waals surface area contributed by atoms with E-state index in [1.807, 2.05) is 18.2 Å². The molecular formula is C22H31N7O3. The topological polar surface area (TPSA) is 86.3 Å². The van der Waals surface area contributed by atoms with Crippen molar-refractivity contribution in [3.05, 3.63) is 30.3 Å². The van der Waals surface area contributed by atoms with Crippen LogP contribution in [0.1, 0.15) is 0 Å². The summed E-state index contributed by atoms with van der Waals surface area (Å²) in [6, 6.07) is 9.32. The number of aromatic nitrogens is 2. The second kappa shape index (κ2) is 9.90. The molecule has 0 unspecified atom stereocenters. The third kappa shape index (κ3) is 4.80. The van der Waals surface area contributed by atoms with Crippen LogP contribution in [0.5, 0.6) is 11.5 Å². The van der Waals surface area contributed by atoms with Crippen molar-refractivity contribution in [2.24, 2.45) is 0 Å². The first kappa shape index (κ1) is 21.9. The Labute approximate surface area is 188 Å². The summed E-state index contributed by atoms with van der Waals surface area (Å²) < 4.78 is 10.7. The third-order valence-electron chi connectivity index (χ3n) is 6.00. The molecule has 2 aliphatic heterocycles. The van der Waals surface area contributed by atoms with Gasteiger partial charge in [0.05, 0.1) is 19.9 Å². The van der Waals surface area contributed by atoms with Crippen LogP contribution >= 0.6 is 0 Å². The number of hydrogen-bond donors (Lipinski definition) is 1. The number of anilines is 3. The van der Waals surface area contributed by atoms with Crippen molar-refractivity contribution in [3.63, 3.8) is 0 Å². The Kier molecular flexibility index (Phi) is 6.79. The molecule has 2 amide bonds. The van der Waals surface area contributed by atoms with E-state index in [1.54, 1.807) is 31.3 Å². The second-order valence-electron chi connectivity index (χ2n) is 7.99. The lowest BCUT2D eigenvalue weighted by Crippen LogP contribution is -2.50. The van der Waals surface area contributed by atoms with E-state index in [9.17, 15) is 4.79 Å². The number of rotatable bonds is 5. The van der Waals surface area contributed by atoms with E-state index < -0.39 is 0 Å². The van der Waals surface area contributed by atoms with Crippen LogP contribution in [-0.2, 0) is 0 Å². The largest absolute Gasteiger partial charge is 0.493 e.